The molecule has 1 aromatic heterocycles. The first-order valence-corrected chi connectivity index (χ1v) is 8.29. The summed E-state index contributed by atoms with van der Waals surface area (Å²) in [6, 6.07) is 0.898. The Morgan fingerprint density at radius 2 is 1.92 bits per heavy atom. The highest BCUT2D eigenvalue weighted by molar-refractivity contribution is 5.82. The third-order valence-corrected chi connectivity index (χ3v) is 4.58. The van der Waals surface area contributed by atoms with Crippen LogP contribution in [0.1, 0.15) is 31.7 Å². The van der Waals surface area contributed by atoms with Gasteiger partial charge < -0.3 is 20.2 Å². The summed E-state index contributed by atoms with van der Waals surface area (Å²) in [4.78, 5) is 29.1. The molecule has 1 aromatic rings. The van der Waals surface area contributed by atoms with Gasteiger partial charge in [-0.05, 0) is 18.1 Å². The first kappa shape index (κ1) is 19.4. The number of ketones is 1. The number of amides is 1. The second-order valence-electron chi connectivity index (χ2n) is 6.18. The number of halogens is 1. The van der Waals surface area contributed by atoms with E-state index in [0.29, 0.717) is 12.0 Å². The van der Waals surface area contributed by atoms with Crippen LogP contribution in [-0.4, -0.2) is 67.8 Å². The molecule has 1 aliphatic rings. The van der Waals surface area contributed by atoms with Crippen molar-refractivity contribution in [2.75, 3.05) is 6.61 Å². The Labute approximate surface area is 145 Å². The Balaban J connectivity index is 2.11. The molecule has 1 saturated heterocycles. The van der Waals surface area contributed by atoms with E-state index in [1.807, 2.05) is 0 Å². The van der Waals surface area contributed by atoms with Gasteiger partial charge in [-0.25, -0.2) is 4.98 Å². The van der Waals surface area contributed by atoms with Crippen LogP contribution in [0.4, 0.5) is 4.39 Å². The van der Waals surface area contributed by atoms with Crippen molar-refractivity contribution in [3.8, 4) is 0 Å². The van der Waals surface area contributed by atoms with Crippen LogP contribution in [0.3, 0.4) is 0 Å². The van der Waals surface area contributed by atoms with Gasteiger partial charge in [0.1, 0.15) is 18.0 Å². The van der Waals surface area contributed by atoms with E-state index in [1.54, 1.807) is 6.92 Å². The lowest BCUT2D eigenvalue weighted by Crippen LogP contribution is -2.46. The van der Waals surface area contributed by atoms with E-state index < -0.39 is 42.8 Å². The molecule has 1 unspecified atom stereocenters. The molecule has 0 saturated carbocycles. The molecule has 0 spiro atoms. The number of hydrogen-bond donors (Lipinski definition) is 3. The SMILES string of the molecule is CCC(=O)CC1[C@@H](O)[C@H](O)[C@@H](CO)N1C(=O)CCc1ccc(F)nc1. The molecule has 3 N–H and O–H groups in total. The van der Waals surface area contributed by atoms with Gasteiger partial charge in [-0.15, -0.1) is 0 Å². The molecule has 2 heterocycles. The van der Waals surface area contributed by atoms with E-state index in [9.17, 15) is 29.3 Å². The number of aryl methyl sites for hydroxylation is 1. The first-order chi connectivity index (χ1) is 11.9. The molecule has 25 heavy (non-hydrogen) atoms. The van der Waals surface area contributed by atoms with Crippen LogP contribution in [0.15, 0.2) is 18.3 Å². The van der Waals surface area contributed by atoms with Crippen LogP contribution in [0.5, 0.6) is 0 Å². The van der Waals surface area contributed by atoms with E-state index in [0.717, 1.165) is 0 Å². The number of pyridine rings is 1. The smallest absolute Gasteiger partial charge is 0.223 e. The van der Waals surface area contributed by atoms with Crippen LogP contribution in [0.2, 0.25) is 0 Å². The van der Waals surface area contributed by atoms with Crippen LogP contribution >= 0.6 is 0 Å². The largest absolute Gasteiger partial charge is 0.394 e. The molecule has 4 atom stereocenters. The topological polar surface area (TPSA) is 111 Å². The van der Waals surface area contributed by atoms with Crippen LogP contribution in [0.25, 0.3) is 0 Å². The molecular weight excluding hydrogens is 331 g/mol. The first-order valence-electron chi connectivity index (χ1n) is 8.29. The number of hydrogen-bond acceptors (Lipinski definition) is 6. The fourth-order valence-corrected chi connectivity index (χ4v) is 3.13. The molecule has 0 aromatic carbocycles. The van der Waals surface area contributed by atoms with Crippen molar-refractivity contribution < 1.29 is 29.3 Å². The maximum Gasteiger partial charge on any atom is 0.223 e. The van der Waals surface area contributed by atoms with Gasteiger partial charge in [0, 0.05) is 25.5 Å². The highest BCUT2D eigenvalue weighted by Crippen LogP contribution is 2.29. The summed E-state index contributed by atoms with van der Waals surface area (Å²) in [6.07, 6.45) is -0.763. The molecule has 8 heteroatoms. The summed E-state index contributed by atoms with van der Waals surface area (Å²) in [5.74, 6) is -1.15. The van der Waals surface area contributed by atoms with Gasteiger partial charge in [-0.2, -0.15) is 4.39 Å². The number of likely N-dealkylation sites (tertiary alicyclic amines) is 1. The maximum atomic E-state index is 12.8. The van der Waals surface area contributed by atoms with E-state index in [-0.39, 0.29) is 25.0 Å². The lowest BCUT2D eigenvalue weighted by Gasteiger charge is -2.29. The third-order valence-electron chi connectivity index (χ3n) is 4.58. The fraction of sp³-hybridized carbons (Fsp3) is 0.588. The van der Waals surface area contributed by atoms with E-state index in [4.69, 9.17) is 0 Å². The summed E-state index contributed by atoms with van der Waals surface area (Å²) < 4.78 is 12.8. The second kappa shape index (κ2) is 8.46. The molecule has 1 amide bonds. The lowest BCUT2D eigenvalue weighted by atomic mass is 10.0. The summed E-state index contributed by atoms with van der Waals surface area (Å²) in [6.45, 7) is 1.16. The molecule has 0 radical (unpaired) electrons. The molecular formula is C17H23FN2O5. The summed E-state index contributed by atoms with van der Waals surface area (Å²) in [5.41, 5.74) is 0.664. The van der Waals surface area contributed by atoms with Crippen LogP contribution < -0.4 is 0 Å². The molecule has 7 nitrogen and oxygen atoms in total. The molecule has 0 bridgehead atoms. The Morgan fingerprint density at radius 1 is 1.24 bits per heavy atom. The van der Waals surface area contributed by atoms with Crippen molar-refractivity contribution in [3.63, 3.8) is 0 Å². The normalized spacial score (nSPS) is 26.0. The van der Waals surface area contributed by atoms with Gasteiger partial charge in [-0.1, -0.05) is 13.0 Å². The predicted molar refractivity (Wildman–Crippen MR) is 86.0 cm³/mol. The van der Waals surface area contributed by atoms with Gasteiger partial charge in [0.05, 0.1) is 18.7 Å². The van der Waals surface area contributed by atoms with Gasteiger partial charge in [-0.3, -0.25) is 9.59 Å². The quantitative estimate of drug-likeness (QED) is 0.586. The number of aliphatic hydroxyl groups excluding tert-OH is 3. The van der Waals surface area contributed by atoms with E-state index >= 15 is 0 Å². The molecule has 0 aliphatic carbocycles. The van der Waals surface area contributed by atoms with Gasteiger partial charge in [0.2, 0.25) is 11.9 Å². The number of rotatable bonds is 7. The highest BCUT2D eigenvalue weighted by atomic mass is 19.1. The third kappa shape index (κ3) is 4.39. The molecule has 138 valence electrons. The van der Waals surface area contributed by atoms with Crippen molar-refractivity contribution in [2.45, 2.75) is 56.9 Å². The monoisotopic (exact) mass is 354 g/mol. The zero-order valence-corrected chi connectivity index (χ0v) is 14.0. The Morgan fingerprint density at radius 3 is 2.48 bits per heavy atom. The minimum Gasteiger partial charge on any atom is -0.394 e. The number of nitrogens with zero attached hydrogens (tertiary/aromatic N) is 2. The number of aromatic nitrogens is 1. The summed E-state index contributed by atoms with van der Waals surface area (Å²) in [7, 11) is 0. The minimum absolute atomic E-state index is 0.0278. The van der Waals surface area contributed by atoms with Crippen molar-refractivity contribution in [1.82, 2.24) is 9.88 Å². The number of Topliss-reactive ketones (excluding diaryl/α,β-unsaturated/α-hetero) is 1. The number of aliphatic hydroxyl groups is 3. The van der Waals surface area contributed by atoms with E-state index in [1.165, 1.54) is 23.2 Å². The molecule has 2 rings (SSSR count). The lowest BCUT2D eigenvalue weighted by molar-refractivity contribution is -0.137. The zero-order valence-electron chi connectivity index (χ0n) is 14.0. The van der Waals surface area contributed by atoms with Crippen molar-refractivity contribution in [2.24, 2.45) is 0 Å². The van der Waals surface area contributed by atoms with Gasteiger partial charge >= 0.3 is 0 Å². The standard InChI is InChI=1S/C17H23FN2O5/c1-2-11(22)7-12-16(24)17(25)13(9-21)20(12)15(23)6-4-10-3-5-14(18)19-8-10/h3,5,8,12-13,16-17,21,24-25H,2,4,6-7,9H2,1H3/t12?,13-,16-,17-/m1/s1. The highest BCUT2D eigenvalue weighted by Gasteiger charge is 2.49. The van der Waals surface area contributed by atoms with Crippen molar-refractivity contribution in [1.29, 1.82) is 0 Å². The second-order valence-corrected chi connectivity index (χ2v) is 6.18. The maximum absolute atomic E-state index is 12.8. The van der Waals surface area contributed by atoms with Gasteiger partial charge in [0.15, 0.2) is 0 Å². The average Bonchev–Trinajstić information content (AvgIpc) is 2.85. The van der Waals surface area contributed by atoms with Crippen LogP contribution in [-0.2, 0) is 16.0 Å². The zero-order chi connectivity index (χ0) is 18.6. The molecule has 1 fully saturated rings. The van der Waals surface area contributed by atoms with Crippen molar-refractivity contribution >= 4 is 11.7 Å². The Bertz CT molecular complexity index is 610. The Kier molecular flexibility index (Phi) is 6.57. The van der Waals surface area contributed by atoms with Gasteiger partial charge in [0.25, 0.3) is 0 Å². The van der Waals surface area contributed by atoms with Crippen molar-refractivity contribution in [3.05, 3.63) is 29.8 Å². The van der Waals surface area contributed by atoms with E-state index in [2.05, 4.69) is 4.98 Å². The number of carbonyl (C=O) groups is 2. The Hall–Kier alpha value is -1.90. The molecule has 1 aliphatic heterocycles. The number of carbonyl (C=O) groups excluding carboxylic acids is 2. The summed E-state index contributed by atoms with van der Waals surface area (Å²) in [5, 5.41) is 29.8. The minimum atomic E-state index is -1.31. The summed E-state index contributed by atoms with van der Waals surface area (Å²) >= 11 is 0. The fourth-order valence-electron chi connectivity index (χ4n) is 3.13. The predicted octanol–water partition coefficient (Wildman–Crippen LogP) is -0.184. The average molecular weight is 354 g/mol. The van der Waals surface area contributed by atoms with Crippen LogP contribution in [0, 0.1) is 5.95 Å².